The lowest BCUT2D eigenvalue weighted by atomic mass is 10.1. The van der Waals surface area contributed by atoms with Gasteiger partial charge in [0.2, 0.25) is 5.91 Å². The predicted molar refractivity (Wildman–Crippen MR) is 77.9 cm³/mol. The van der Waals surface area contributed by atoms with Crippen LogP contribution in [0.15, 0.2) is 0 Å². The molecular formula is C14H25N3O4. The molecule has 1 aliphatic rings. The number of aliphatic carboxylic acids is 1. The molecule has 0 aromatic carbocycles. The van der Waals surface area contributed by atoms with E-state index in [9.17, 15) is 14.4 Å². The molecule has 0 radical (unpaired) electrons. The molecule has 2 N–H and O–H groups in total. The van der Waals surface area contributed by atoms with Crippen LogP contribution in [0.25, 0.3) is 0 Å². The van der Waals surface area contributed by atoms with Gasteiger partial charge in [0, 0.05) is 38.1 Å². The number of urea groups is 1. The number of carbonyl (C=O) groups is 3. The lowest BCUT2D eigenvalue weighted by molar-refractivity contribution is -0.137. The largest absolute Gasteiger partial charge is 0.481 e. The standard InChI is InChI=1S/C14H25N3O4/c1-10(18)15-11-5-7-16(9-11)13(21)17(14(2,3)4)8-6-12(19)20/h11H,5-9H2,1-4H3,(H,15,18)(H,19,20). The maximum atomic E-state index is 12.6. The highest BCUT2D eigenvalue weighted by atomic mass is 16.4. The molecule has 120 valence electrons. The predicted octanol–water partition coefficient (Wildman–Crippen LogP) is 0.892. The van der Waals surface area contributed by atoms with Crippen LogP contribution in [-0.4, -0.2) is 64.0 Å². The van der Waals surface area contributed by atoms with E-state index in [1.165, 1.54) is 6.92 Å². The number of amides is 3. The second-order valence-electron chi connectivity index (χ2n) is 6.38. The molecule has 1 aliphatic heterocycles. The highest BCUT2D eigenvalue weighted by Crippen LogP contribution is 2.19. The van der Waals surface area contributed by atoms with Gasteiger partial charge >= 0.3 is 12.0 Å². The number of nitrogens with zero attached hydrogens (tertiary/aromatic N) is 2. The molecule has 7 heteroatoms. The fourth-order valence-corrected chi connectivity index (χ4v) is 2.44. The van der Waals surface area contributed by atoms with E-state index >= 15 is 0 Å². The van der Waals surface area contributed by atoms with Crippen LogP contribution < -0.4 is 5.32 Å². The zero-order valence-electron chi connectivity index (χ0n) is 13.2. The molecule has 0 bridgehead atoms. The van der Waals surface area contributed by atoms with Crippen molar-refractivity contribution in [2.24, 2.45) is 0 Å². The van der Waals surface area contributed by atoms with Crippen molar-refractivity contribution in [3.05, 3.63) is 0 Å². The molecule has 7 nitrogen and oxygen atoms in total. The summed E-state index contributed by atoms with van der Waals surface area (Å²) in [6.45, 7) is 8.33. The van der Waals surface area contributed by atoms with Gasteiger partial charge in [0.15, 0.2) is 0 Å². The van der Waals surface area contributed by atoms with Crippen molar-refractivity contribution in [1.82, 2.24) is 15.1 Å². The summed E-state index contributed by atoms with van der Waals surface area (Å²) in [5, 5.41) is 11.6. The van der Waals surface area contributed by atoms with E-state index in [2.05, 4.69) is 5.32 Å². The normalized spacial score (nSPS) is 18.5. The van der Waals surface area contributed by atoms with Crippen molar-refractivity contribution >= 4 is 17.9 Å². The summed E-state index contributed by atoms with van der Waals surface area (Å²) in [4.78, 5) is 37.6. The van der Waals surface area contributed by atoms with E-state index in [0.29, 0.717) is 13.1 Å². The summed E-state index contributed by atoms with van der Waals surface area (Å²) in [5.74, 6) is -1.03. The lowest BCUT2D eigenvalue weighted by Crippen LogP contribution is -2.52. The molecule has 0 saturated carbocycles. The summed E-state index contributed by atoms with van der Waals surface area (Å²) < 4.78 is 0. The van der Waals surface area contributed by atoms with E-state index < -0.39 is 11.5 Å². The van der Waals surface area contributed by atoms with Gasteiger partial charge < -0.3 is 20.2 Å². The van der Waals surface area contributed by atoms with Gasteiger partial charge in [-0.25, -0.2) is 4.79 Å². The monoisotopic (exact) mass is 299 g/mol. The van der Waals surface area contributed by atoms with E-state index in [1.807, 2.05) is 20.8 Å². The zero-order chi connectivity index (χ0) is 16.2. The van der Waals surface area contributed by atoms with Crippen molar-refractivity contribution in [3.8, 4) is 0 Å². The molecule has 1 heterocycles. The van der Waals surface area contributed by atoms with E-state index in [0.717, 1.165) is 6.42 Å². The Hall–Kier alpha value is -1.79. The van der Waals surface area contributed by atoms with Crippen LogP contribution in [0.4, 0.5) is 4.79 Å². The molecule has 1 fully saturated rings. The zero-order valence-corrected chi connectivity index (χ0v) is 13.2. The van der Waals surface area contributed by atoms with Crippen LogP contribution in [0.5, 0.6) is 0 Å². The van der Waals surface area contributed by atoms with Crippen LogP contribution in [0.1, 0.15) is 40.5 Å². The molecule has 1 unspecified atom stereocenters. The number of carbonyl (C=O) groups excluding carboxylic acids is 2. The highest BCUT2D eigenvalue weighted by Gasteiger charge is 2.34. The summed E-state index contributed by atoms with van der Waals surface area (Å²) in [7, 11) is 0. The van der Waals surface area contributed by atoms with Crippen LogP contribution in [0, 0.1) is 0 Å². The molecule has 1 atom stereocenters. The SMILES string of the molecule is CC(=O)NC1CCN(C(=O)N(CCC(=O)O)C(C)(C)C)C1. The van der Waals surface area contributed by atoms with Crippen molar-refractivity contribution in [3.63, 3.8) is 0 Å². The third kappa shape index (κ3) is 5.24. The van der Waals surface area contributed by atoms with Crippen molar-refractivity contribution in [2.45, 2.75) is 52.1 Å². The van der Waals surface area contributed by atoms with Crippen molar-refractivity contribution in [1.29, 1.82) is 0 Å². The van der Waals surface area contributed by atoms with Crippen molar-refractivity contribution < 1.29 is 19.5 Å². The number of rotatable bonds is 4. The number of carboxylic acid groups (broad SMARTS) is 1. The molecule has 0 aromatic heterocycles. The Morgan fingerprint density at radius 2 is 1.95 bits per heavy atom. The third-order valence-corrected chi connectivity index (χ3v) is 3.46. The van der Waals surface area contributed by atoms with Gasteiger partial charge in [0.05, 0.1) is 6.42 Å². The number of hydrogen-bond donors (Lipinski definition) is 2. The van der Waals surface area contributed by atoms with Gasteiger partial charge in [-0.1, -0.05) is 0 Å². The minimum Gasteiger partial charge on any atom is -0.481 e. The first kappa shape index (κ1) is 17.3. The fourth-order valence-electron chi connectivity index (χ4n) is 2.44. The van der Waals surface area contributed by atoms with Crippen LogP contribution in [-0.2, 0) is 9.59 Å². The Balaban J connectivity index is 2.68. The van der Waals surface area contributed by atoms with Crippen molar-refractivity contribution in [2.75, 3.05) is 19.6 Å². The first-order valence-corrected chi connectivity index (χ1v) is 7.16. The highest BCUT2D eigenvalue weighted by molar-refractivity contribution is 5.77. The molecule has 0 aliphatic carbocycles. The Labute approximate surface area is 125 Å². The number of likely N-dealkylation sites (tertiary alicyclic amines) is 1. The maximum absolute atomic E-state index is 12.6. The molecule has 0 aromatic rings. The van der Waals surface area contributed by atoms with Gasteiger partial charge in [0.25, 0.3) is 0 Å². The Bertz CT molecular complexity index is 417. The van der Waals surface area contributed by atoms with E-state index in [-0.39, 0.29) is 30.9 Å². The van der Waals surface area contributed by atoms with Crippen LogP contribution in [0.2, 0.25) is 0 Å². The smallest absolute Gasteiger partial charge is 0.320 e. The molecule has 0 spiro atoms. The molecule has 1 saturated heterocycles. The number of nitrogens with one attached hydrogen (secondary N) is 1. The second-order valence-corrected chi connectivity index (χ2v) is 6.38. The Morgan fingerprint density at radius 1 is 1.33 bits per heavy atom. The fraction of sp³-hybridized carbons (Fsp3) is 0.786. The molecular weight excluding hydrogens is 274 g/mol. The minimum atomic E-state index is -0.922. The first-order valence-electron chi connectivity index (χ1n) is 7.16. The minimum absolute atomic E-state index is 0.0206. The van der Waals surface area contributed by atoms with Gasteiger partial charge in [-0.05, 0) is 27.2 Å². The molecule has 1 rings (SSSR count). The molecule has 3 amide bonds. The average Bonchev–Trinajstić information content (AvgIpc) is 2.74. The van der Waals surface area contributed by atoms with Crippen LogP contribution >= 0.6 is 0 Å². The van der Waals surface area contributed by atoms with Gasteiger partial charge in [0.1, 0.15) is 0 Å². The second kappa shape index (κ2) is 6.78. The third-order valence-electron chi connectivity index (χ3n) is 3.46. The van der Waals surface area contributed by atoms with Gasteiger partial charge in [-0.15, -0.1) is 0 Å². The summed E-state index contributed by atoms with van der Waals surface area (Å²) in [5.41, 5.74) is -0.446. The topological polar surface area (TPSA) is 90.0 Å². The van der Waals surface area contributed by atoms with E-state index in [1.54, 1.807) is 9.80 Å². The molecule has 21 heavy (non-hydrogen) atoms. The van der Waals surface area contributed by atoms with Gasteiger partial charge in [-0.2, -0.15) is 0 Å². The summed E-state index contributed by atoms with van der Waals surface area (Å²) in [6, 6.07) is -0.190. The number of hydrogen-bond acceptors (Lipinski definition) is 3. The Morgan fingerprint density at radius 3 is 2.43 bits per heavy atom. The van der Waals surface area contributed by atoms with E-state index in [4.69, 9.17) is 5.11 Å². The maximum Gasteiger partial charge on any atom is 0.320 e. The lowest BCUT2D eigenvalue weighted by Gasteiger charge is -2.38. The summed E-state index contributed by atoms with van der Waals surface area (Å²) >= 11 is 0. The summed E-state index contributed by atoms with van der Waals surface area (Å²) in [6.07, 6.45) is 0.647. The average molecular weight is 299 g/mol. The van der Waals surface area contributed by atoms with Crippen LogP contribution in [0.3, 0.4) is 0 Å². The first-order chi connectivity index (χ1) is 9.61. The Kier molecular flexibility index (Phi) is 5.57. The van der Waals surface area contributed by atoms with Gasteiger partial charge in [-0.3, -0.25) is 9.59 Å². The quantitative estimate of drug-likeness (QED) is 0.806. The number of carboxylic acids is 1.